The van der Waals surface area contributed by atoms with Gasteiger partial charge in [0, 0.05) is 5.69 Å². The van der Waals surface area contributed by atoms with Gasteiger partial charge >= 0.3 is 0 Å². The number of anilines is 1. The zero-order valence-corrected chi connectivity index (χ0v) is 14.6. The summed E-state index contributed by atoms with van der Waals surface area (Å²) in [6.45, 7) is 3.94. The molecule has 0 saturated carbocycles. The maximum Gasteiger partial charge on any atom is 0.260 e. The predicted octanol–water partition coefficient (Wildman–Crippen LogP) is 4.59. The summed E-state index contributed by atoms with van der Waals surface area (Å²) >= 11 is 6.39. The van der Waals surface area contributed by atoms with E-state index >= 15 is 0 Å². The number of carbonyl (C=O) groups is 1. The van der Waals surface area contributed by atoms with E-state index in [1.165, 1.54) is 18.2 Å². The van der Waals surface area contributed by atoms with Gasteiger partial charge in [0.05, 0.1) is 17.8 Å². The van der Waals surface area contributed by atoms with Crippen LogP contribution >= 0.6 is 11.6 Å². The Labute approximate surface area is 150 Å². The van der Waals surface area contributed by atoms with Gasteiger partial charge in [-0.1, -0.05) is 41.9 Å². The molecule has 0 fully saturated rings. The summed E-state index contributed by atoms with van der Waals surface area (Å²) in [4.78, 5) is 12.6. The molecule has 2 aromatic carbocycles. The van der Waals surface area contributed by atoms with Crippen LogP contribution in [0.15, 0.2) is 48.5 Å². The zero-order chi connectivity index (χ0) is 18.0. The molecule has 0 spiro atoms. The Kier molecular flexibility index (Phi) is 4.86. The van der Waals surface area contributed by atoms with Crippen molar-refractivity contribution in [3.8, 4) is 0 Å². The second-order valence-corrected chi connectivity index (χ2v) is 6.17. The first-order valence-electron chi connectivity index (χ1n) is 7.80. The SMILES string of the molecule is Cc1cc(F)ccc1NC(=O)c1c(C)nn(Cc2ccccc2)c1Cl. The highest BCUT2D eigenvalue weighted by Crippen LogP contribution is 2.23. The molecule has 0 radical (unpaired) electrons. The van der Waals surface area contributed by atoms with Gasteiger partial charge in [0.1, 0.15) is 11.0 Å². The summed E-state index contributed by atoms with van der Waals surface area (Å²) < 4.78 is 14.8. The van der Waals surface area contributed by atoms with E-state index in [0.29, 0.717) is 29.1 Å². The van der Waals surface area contributed by atoms with Gasteiger partial charge in [-0.3, -0.25) is 4.79 Å². The Morgan fingerprint density at radius 3 is 2.60 bits per heavy atom. The Balaban J connectivity index is 1.85. The van der Waals surface area contributed by atoms with Gasteiger partial charge in [-0.2, -0.15) is 5.10 Å². The smallest absolute Gasteiger partial charge is 0.260 e. The van der Waals surface area contributed by atoms with Crippen molar-refractivity contribution in [2.24, 2.45) is 0 Å². The standard InChI is InChI=1S/C19H17ClFN3O/c1-12-10-15(21)8-9-16(12)22-19(25)17-13(2)23-24(18(17)20)11-14-6-4-3-5-7-14/h3-10H,11H2,1-2H3,(H,22,25). The van der Waals surface area contributed by atoms with E-state index in [2.05, 4.69) is 10.4 Å². The van der Waals surface area contributed by atoms with Crippen LogP contribution in [0.4, 0.5) is 10.1 Å². The van der Waals surface area contributed by atoms with Crippen molar-refractivity contribution < 1.29 is 9.18 Å². The number of nitrogens with one attached hydrogen (secondary N) is 1. The molecule has 0 aliphatic rings. The first-order valence-corrected chi connectivity index (χ1v) is 8.18. The van der Waals surface area contributed by atoms with Gasteiger partial charge in [-0.15, -0.1) is 0 Å². The summed E-state index contributed by atoms with van der Waals surface area (Å²) in [5.74, 6) is -0.711. The third-order valence-corrected chi connectivity index (χ3v) is 4.29. The Hall–Kier alpha value is -2.66. The summed E-state index contributed by atoms with van der Waals surface area (Å²) in [7, 11) is 0. The van der Waals surface area contributed by atoms with Crippen molar-refractivity contribution in [1.29, 1.82) is 0 Å². The fourth-order valence-corrected chi connectivity index (χ4v) is 2.94. The molecule has 0 aliphatic carbocycles. The fraction of sp³-hybridized carbons (Fsp3) is 0.158. The molecule has 1 aromatic heterocycles. The van der Waals surface area contributed by atoms with Crippen molar-refractivity contribution in [2.45, 2.75) is 20.4 Å². The van der Waals surface area contributed by atoms with E-state index in [9.17, 15) is 9.18 Å². The lowest BCUT2D eigenvalue weighted by Crippen LogP contribution is -2.14. The molecule has 0 aliphatic heterocycles. The third kappa shape index (κ3) is 3.72. The number of aromatic nitrogens is 2. The molecule has 0 atom stereocenters. The third-order valence-electron chi connectivity index (χ3n) is 3.90. The van der Waals surface area contributed by atoms with Crippen molar-refractivity contribution in [1.82, 2.24) is 9.78 Å². The minimum Gasteiger partial charge on any atom is -0.322 e. The molecule has 1 amide bonds. The summed E-state index contributed by atoms with van der Waals surface area (Å²) in [5, 5.41) is 7.41. The highest BCUT2D eigenvalue weighted by atomic mass is 35.5. The van der Waals surface area contributed by atoms with E-state index in [0.717, 1.165) is 5.56 Å². The second kappa shape index (κ2) is 7.07. The molecule has 0 unspecified atom stereocenters. The number of hydrogen-bond acceptors (Lipinski definition) is 2. The van der Waals surface area contributed by atoms with Crippen LogP contribution < -0.4 is 5.32 Å². The number of benzene rings is 2. The summed E-state index contributed by atoms with van der Waals surface area (Å²) in [6, 6.07) is 13.9. The van der Waals surface area contributed by atoms with Crippen LogP contribution in [0.3, 0.4) is 0 Å². The maximum absolute atomic E-state index is 13.2. The molecule has 0 bridgehead atoms. The largest absolute Gasteiger partial charge is 0.322 e. The molecule has 3 aromatic rings. The highest BCUT2D eigenvalue weighted by molar-refractivity contribution is 6.33. The molecule has 1 heterocycles. The number of halogens is 2. The van der Waals surface area contributed by atoms with Crippen LogP contribution in [0.25, 0.3) is 0 Å². The summed E-state index contributed by atoms with van der Waals surface area (Å²) in [5.41, 5.74) is 3.07. The average molecular weight is 358 g/mol. The van der Waals surface area contributed by atoms with E-state index in [-0.39, 0.29) is 16.9 Å². The van der Waals surface area contributed by atoms with E-state index in [4.69, 9.17) is 11.6 Å². The van der Waals surface area contributed by atoms with E-state index in [1.54, 1.807) is 18.5 Å². The molecular formula is C19H17ClFN3O. The van der Waals surface area contributed by atoms with E-state index in [1.807, 2.05) is 30.3 Å². The van der Waals surface area contributed by atoms with Crippen LogP contribution in [-0.2, 0) is 6.54 Å². The Morgan fingerprint density at radius 1 is 1.20 bits per heavy atom. The molecular weight excluding hydrogens is 341 g/mol. The van der Waals surface area contributed by atoms with E-state index < -0.39 is 0 Å². The van der Waals surface area contributed by atoms with Crippen molar-refractivity contribution in [3.05, 3.63) is 81.9 Å². The van der Waals surface area contributed by atoms with Gasteiger partial charge < -0.3 is 5.32 Å². The lowest BCUT2D eigenvalue weighted by Gasteiger charge is -2.08. The summed E-state index contributed by atoms with van der Waals surface area (Å²) in [6.07, 6.45) is 0. The van der Waals surface area contributed by atoms with Gasteiger partial charge in [0.2, 0.25) is 0 Å². The topological polar surface area (TPSA) is 46.9 Å². The molecule has 0 saturated heterocycles. The average Bonchev–Trinajstić information content (AvgIpc) is 2.85. The van der Waals surface area contributed by atoms with Gasteiger partial charge in [-0.25, -0.2) is 9.07 Å². The first-order chi connectivity index (χ1) is 12.0. The number of amides is 1. The Morgan fingerprint density at radius 2 is 1.92 bits per heavy atom. The molecule has 3 rings (SSSR count). The molecule has 128 valence electrons. The van der Waals surface area contributed by atoms with Crippen molar-refractivity contribution in [3.63, 3.8) is 0 Å². The van der Waals surface area contributed by atoms with Crippen LogP contribution in [0.2, 0.25) is 5.15 Å². The van der Waals surface area contributed by atoms with Crippen LogP contribution in [0.5, 0.6) is 0 Å². The number of hydrogen-bond donors (Lipinski definition) is 1. The van der Waals surface area contributed by atoms with Crippen LogP contribution in [0.1, 0.15) is 27.2 Å². The van der Waals surface area contributed by atoms with Crippen molar-refractivity contribution >= 4 is 23.2 Å². The normalized spacial score (nSPS) is 10.7. The van der Waals surface area contributed by atoms with Gasteiger partial charge in [0.15, 0.2) is 0 Å². The van der Waals surface area contributed by atoms with Crippen molar-refractivity contribution in [2.75, 3.05) is 5.32 Å². The predicted molar refractivity (Wildman–Crippen MR) is 96.6 cm³/mol. The van der Waals surface area contributed by atoms with Gasteiger partial charge in [0.25, 0.3) is 5.91 Å². The minimum absolute atomic E-state index is 0.276. The van der Waals surface area contributed by atoms with Crippen LogP contribution in [0, 0.1) is 19.7 Å². The van der Waals surface area contributed by atoms with Crippen LogP contribution in [-0.4, -0.2) is 15.7 Å². The maximum atomic E-state index is 13.2. The zero-order valence-electron chi connectivity index (χ0n) is 13.9. The molecule has 1 N–H and O–H groups in total. The lowest BCUT2D eigenvalue weighted by atomic mass is 10.1. The molecule has 6 heteroatoms. The molecule has 25 heavy (non-hydrogen) atoms. The number of aryl methyl sites for hydroxylation is 2. The first kappa shape index (κ1) is 17.2. The minimum atomic E-state index is -0.364. The number of rotatable bonds is 4. The second-order valence-electron chi connectivity index (χ2n) is 5.81. The van der Waals surface area contributed by atoms with Gasteiger partial charge in [-0.05, 0) is 43.2 Å². The highest BCUT2D eigenvalue weighted by Gasteiger charge is 2.21. The molecule has 4 nitrogen and oxygen atoms in total. The Bertz CT molecular complexity index is 922. The number of nitrogens with zero attached hydrogens (tertiary/aromatic N) is 2. The monoisotopic (exact) mass is 357 g/mol. The quantitative estimate of drug-likeness (QED) is 0.742. The number of carbonyl (C=O) groups excluding carboxylic acids is 1. The fourth-order valence-electron chi connectivity index (χ4n) is 2.62. The lowest BCUT2D eigenvalue weighted by molar-refractivity contribution is 0.102.